The lowest BCUT2D eigenvalue weighted by Crippen LogP contribution is -2.24. The average Bonchev–Trinajstić information content (AvgIpc) is 2.87. The molecule has 0 radical (unpaired) electrons. The zero-order chi connectivity index (χ0) is 12.0. The lowest BCUT2D eigenvalue weighted by atomic mass is 10.1. The van der Waals surface area contributed by atoms with Crippen LogP contribution in [0.1, 0.15) is 32.2 Å². The molecule has 3 rings (SSSR count). The first kappa shape index (κ1) is 11.2. The molecule has 5 heteroatoms. The molecule has 1 aliphatic rings. The van der Waals surface area contributed by atoms with Crippen LogP contribution in [0.5, 0.6) is 0 Å². The molecule has 3 nitrogen and oxygen atoms in total. The van der Waals surface area contributed by atoms with Crippen molar-refractivity contribution in [3.8, 4) is 0 Å². The summed E-state index contributed by atoms with van der Waals surface area (Å²) in [5, 5.41) is 1.93. The van der Waals surface area contributed by atoms with Crippen molar-refractivity contribution in [3.05, 3.63) is 26.6 Å². The minimum atomic E-state index is 0.0813. The van der Waals surface area contributed by atoms with E-state index in [2.05, 4.69) is 11.9 Å². The highest BCUT2D eigenvalue weighted by atomic mass is 32.1. The highest BCUT2D eigenvalue weighted by molar-refractivity contribution is 7.71. The third-order valence-electron chi connectivity index (χ3n) is 3.57. The first-order valence-electron chi connectivity index (χ1n) is 5.89. The number of rotatable bonds is 1. The van der Waals surface area contributed by atoms with Crippen molar-refractivity contribution in [3.63, 3.8) is 0 Å². The number of aromatic amines is 1. The maximum atomic E-state index is 12.4. The normalized spacial score (nSPS) is 24.5. The second kappa shape index (κ2) is 4.07. The van der Waals surface area contributed by atoms with Gasteiger partial charge in [-0.1, -0.05) is 6.92 Å². The molecule has 2 unspecified atom stereocenters. The molecule has 2 aromatic rings. The Kier molecular flexibility index (Phi) is 2.67. The lowest BCUT2D eigenvalue weighted by Gasteiger charge is -2.13. The third kappa shape index (κ3) is 1.77. The van der Waals surface area contributed by atoms with Gasteiger partial charge in [-0.3, -0.25) is 9.36 Å². The van der Waals surface area contributed by atoms with Gasteiger partial charge >= 0.3 is 0 Å². The van der Waals surface area contributed by atoms with Gasteiger partial charge in [0.25, 0.3) is 5.56 Å². The summed E-state index contributed by atoms with van der Waals surface area (Å²) < 4.78 is 3.15. The van der Waals surface area contributed by atoms with Gasteiger partial charge in [-0.15, -0.1) is 11.3 Å². The summed E-state index contributed by atoms with van der Waals surface area (Å²) in [7, 11) is 0. The van der Waals surface area contributed by atoms with E-state index in [1.807, 2.05) is 11.4 Å². The molecular formula is C12H14N2OS2. The largest absolute Gasteiger partial charge is 0.331 e. The maximum Gasteiger partial charge on any atom is 0.272 e. The van der Waals surface area contributed by atoms with E-state index in [4.69, 9.17) is 12.2 Å². The standard InChI is InChI=1S/C12H14N2OS2/c1-7-2-3-8(6-7)14-11(15)10-9(4-5-17-10)13-12(14)16/h4-5,7-8H,2-3,6H2,1H3,(H,13,16). The van der Waals surface area contributed by atoms with Crippen LogP contribution in [0.25, 0.3) is 10.2 Å². The average molecular weight is 266 g/mol. The second-order valence-electron chi connectivity index (χ2n) is 4.84. The van der Waals surface area contributed by atoms with E-state index in [1.54, 1.807) is 4.57 Å². The van der Waals surface area contributed by atoms with Crippen LogP contribution in [0, 0.1) is 10.7 Å². The predicted molar refractivity (Wildman–Crippen MR) is 73.3 cm³/mol. The molecule has 1 saturated carbocycles. The fourth-order valence-corrected chi connectivity index (χ4v) is 3.82. The van der Waals surface area contributed by atoms with Crippen LogP contribution in [0.2, 0.25) is 0 Å². The van der Waals surface area contributed by atoms with Gasteiger partial charge in [0.05, 0.1) is 5.52 Å². The fourth-order valence-electron chi connectivity index (χ4n) is 2.69. The number of H-pyrrole nitrogens is 1. The van der Waals surface area contributed by atoms with Crippen molar-refractivity contribution < 1.29 is 0 Å². The summed E-state index contributed by atoms with van der Waals surface area (Å²) in [5.41, 5.74) is 0.949. The van der Waals surface area contributed by atoms with Crippen molar-refractivity contribution in [2.75, 3.05) is 0 Å². The molecule has 0 bridgehead atoms. The summed E-state index contributed by atoms with van der Waals surface area (Å²) in [6, 6.07) is 2.20. The number of nitrogens with zero attached hydrogens (tertiary/aromatic N) is 1. The molecule has 90 valence electrons. The zero-order valence-corrected chi connectivity index (χ0v) is 11.2. The summed E-state index contributed by atoms with van der Waals surface area (Å²) in [6.07, 6.45) is 3.32. The van der Waals surface area contributed by atoms with Gasteiger partial charge in [-0.05, 0) is 48.8 Å². The Morgan fingerprint density at radius 3 is 3.06 bits per heavy atom. The van der Waals surface area contributed by atoms with Crippen LogP contribution in [0.3, 0.4) is 0 Å². The van der Waals surface area contributed by atoms with E-state index >= 15 is 0 Å². The van der Waals surface area contributed by atoms with Gasteiger partial charge in [0.15, 0.2) is 4.77 Å². The summed E-state index contributed by atoms with van der Waals surface area (Å²) in [4.78, 5) is 15.5. The fraction of sp³-hybridized carbons (Fsp3) is 0.500. The van der Waals surface area contributed by atoms with E-state index in [-0.39, 0.29) is 11.6 Å². The van der Waals surface area contributed by atoms with Crippen LogP contribution >= 0.6 is 23.6 Å². The van der Waals surface area contributed by atoms with Crippen molar-refractivity contribution in [1.29, 1.82) is 0 Å². The molecule has 0 amide bonds. The van der Waals surface area contributed by atoms with E-state index < -0.39 is 0 Å². The Morgan fingerprint density at radius 1 is 1.53 bits per heavy atom. The van der Waals surface area contributed by atoms with Crippen LogP contribution in [-0.2, 0) is 0 Å². The highest BCUT2D eigenvalue weighted by Gasteiger charge is 2.25. The summed E-state index contributed by atoms with van der Waals surface area (Å²) in [5.74, 6) is 0.695. The molecule has 1 N–H and O–H groups in total. The van der Waals surface area contributed by atoms with Crippen molar-refractivity contribution in [2.45, 2.75) is 32.2 Å². The smallest absolute Gasteiger partial charge is 0.272 e. The van der Waals surface area contributed by atoms with Crippen LogP contribution in [-0.4, -0.2) is 9.55 Å². The number of thiophene rings is 1. The Hall–Kier alpha value is -0.940. The first-order chi connectivity index (χ1) is 8.16. The maximum absolute atomic E-state index is 12.4. The van der Waals surface area contributed by atoms with Crippen LogP contribution < -0.4 is 5.56 Å². The third-order valence-corrected chi connectivity index (χ3v) is 4.77. The number of hydrogen-bond acceptors (Lipinski definition) is 3. The van der Waals surface area contributed by atoms with Gasteiger partial charge in [0.2, 0.25) is 0 Å². The van der Waals surface area contributed by atoms with E-state index in [0.717, 1.165) is 23.1 Å². The Morgan fingerprint density at radius 2 is 2.35 bits per heavy atom. The first-order valence-corrected chi connectivity index (χ1v) is 7.17. The van der Waals surface area contributed by atoms with E-state index in [9.17, 15) is 4.79 Å². The number of aromatic nitrogens is 2. The molecule has 0 spiro atoms. The number of fused-ring (bicyclic) bond motifs is 1. The molecular weight excluding hydrogens is 252 g/mol. The molecule has 2 heterocycles. The summed E-state index contributed by atoms with van der Waals surface area (Å²) >= 11 is 6.81. The van der Waals surface area contributed by atoms with E-state index in [1.165, 1.54) is 17.8 Å². The highest BCUT2D eigenvalue weighted by Crippen LogP contribution is 2.33. The Bertz CT molecular complexity index is 667. The minimum absolute atomic E-state index is 0.0813. The Labute approximate surface area is 108 Å². The van der Waals surface area contributed by atoms with Gasteiger partial charge in [-0.25, -0.2) is 0 Å². The second-order valence-corrected chi connectivity index (χ2v) is 6.14. The molecule has 1 aliphatic carbocycles. The Balaban J connectivity index is 2.22. The van der Waals surface area contributed by atoms with Gasteiger partial charge < -0.3 is 4.98 Å². The van der Waals surface area contributed by atoms with Crippen molar-refractivity contribution in [1.82, 2.24) is 9.55 Å². The van der Waals surface area contributed by atoms with Gasteiger partial charge in [0, 0.05) is 6.04 Å². The molecule has 0 aromatic carbocycles. The molecule has 17 heavy (non-hydrogen) atoms. The monoisotopic (exact) mass is 266 g/mol. The molecule has 2 aromatic heterocycles. The topological polar surface area (TPSA) is 37.8 Å². The quantitative estimate of drug-likeness (QED) is 0.802. The van der Waals surface area contributed by atoms with Crippen molar-refractivity contribution in [2.24, 2.45) is 5.92 Å². The zero-order valence-electron chi connectivity index (χ0n) is 9.60. The molecule has 2 atom stereocenters. The molecule has 1 fully saturated rings. The number of hydrogen-bond donors (Lipinski definition) is 1. The number of nitrogens with one attached hydrogen (secondary N) is 1. The molecule has 0 saturated heterocycles. The van der Waals surface area contributed by atoms with Crippen LogP contribution in [0.15, 0.2) is 16.2 Å². The van der Waals surface area contributed by atoms with Crippen LogP contribution in [0.4, 0.5) is 0 Å². The SMILES string of the molecule is CC1CCC(n2c(=S)[nH]c3ccsc3c2=O)C1. The molecule has 0 aliphatic heterocycles. The van der Waals surface area contributed by atoms with Gasteiger partial charge in [0.1, 0.15) is 4.70 Å². The minimum Gasteiger partial charge on any atom is -0.331 e. The van der Waals surface area contributed by atoms with E-state index in [0.29, 0.717) is 10.7 Å². The predicted octanol–water partition coefficient (Wildman–Crippen LogP) is 3.48. The summed E-state index contributed by atoms with van der Waals surface area (Å²) in [6.45, 7) is 2.24. The van der Waals surface area contributed by atoms with Gasteiger partial charge in [-0.2, -0.15) is 0 Å². The lowest BCUT2D eigenvalue weighted by molar-refractivity contribution is 0.473. The van der Waals surface area contributed by atoms with Crippen molar-refractivity contribution >= 4 is 33.8 Å².